The quantitative estimate of drug-likeness (QED) is 0.796. The number of nitrogens with one attached hydrogen (secondary N) is 1. The summed E-state index contributed by atoms with van der Waals surface area (Å²) in [5.74, 6) is 0.741. The molecule has 0 heterocycles. The number of carbonyl (C=O) groups is 1. The van der Waals surface area contributed by atoms with Crippen molar-refractivity contribution >= 4 is 5.91 Å². The van der Waals surface area contributed by atoms with Crippen LogP contribution in [0.3, 0.4) is 0 Å². The SMILES string of the molecule is CCOC1CC(N)(C(=O)NCc2ccccc2OC2CCC2)C1(C)C. The fraction of sp³-hybridized carbons (Fsp3) is 0.650. The minimum Gasteiger partial charge on any atom is -0.490 e. The van der Waals surface area contributed by atoms with Crippen LogP contribution in [-0.2, 0) is 16.1 Å². The van der Waals surface area contributed by atoms with Crippen molar-refractivity contribution in [3.05, 3.63) is 29.8 Å². The molecule has 25 heavy (non-hydrogen) atoms. The van der Waals surface area contributed by atoms with Crippen molar-refractivity contribution in [3.8, 4) is 5.75 Å². The minimum atomic E-state index is -0.892. The molecule has 2 aliphatic carbocycles. The molecule has 1 amide bonds. The molecule has 1 aromatic rings. The number of amides is 1. The second-order valence-electron chi connectivity index (χ2n) is 7.80. The Balaban J connectivity index is 1.61. The standard InChI is InChI=1S/C20H30N2O3/c1-4-24-17-12-20(21,19(17,2)3)18(23)22-13-14-8-5-6-11-16(14)25-15-9-7-10-15/h5-6,8,11,15,17H,4,7,9-10,12-13,21H2,1-3H3,(H,22,23). The predicted octanol–water partition coefficient (Wildman–Crippen LogP) is 2.77. The third kappa shape index (κ3) is 3.27. The van der Waals surface area contributed by atoms with E-state index in [4.69, 9.17) is 15.2 Å². The van der Waals surface area contributed by atoms with Gasteiger partial charge in [0.25, 0.3) is 0 Å². The normalized spacial score (nSPS) is 27.9. The summed E-state index contributed by atoms with van der Waals surface area (Å²) < 4.78 is 11.7. The first-order valence-electron chi connectivity index (χ1n) is 9.32. The topological polar surface area (TPSA) is 73.6 Å². The number of benzene rings is 1. The summed E-state index contributed by atoms with van der Waals surface area (Å²) in [7, 11) is 0. The van der Waals surface area contributed by atoms with Crippen LogP contribution in [0.1, 0.15) is 52.0 Å². The van der Waals surface area contributed by atoms with E-state index in [2.05, 4.69) is 5.32 Å². The molecule has 3 N–H and O–H groups in total. The number of nitrogens with two attached hydrogens (primary N) is 1. The van der Waals surface area contributed by atoms with E-state index in [1.54, 1.807) is 0 Å². The van der Waals surface area contributed by atoms with Crippen molar-refractivity contribution in [1.29, 1.82) is 0 Å². The van der Waals surface area contributed by atoms with Gasteiger partial charge in [-0.2, -0.15) is 0 Å². The first-order valence-corrected chi connectivity index (χ1v) is 9.32. The van der Waals surface area contributed by atoms with Crippen LogP contribution in [0.5, 0.6) is 5.75 Å². The highest BCUT2D eigenvalue weighted by atomic mass is 16.5. The molecule has 0 aromatic heterocycles. The number of rotatable bonds is 7. The molecule has 0 radical (unpaired) electrons. The van der Waals surface area contributed by atoms with Gasteiger partial charge in [0.15, 0.2) is 0 Å². The van der Waals surface area contributed by atoms with Gasteiger partial charge in [-0.3, -0.25) is 4.79 Å². The van der Waals surface area contributed by atoms with E-state index in [1.165, 1.54) is 6.42 Å². The minimum absolute atomic E-state index is 0.0301. The molecule has 5 nitrogen and oxygen atoms in total. The molecule has 0 bridgehead atoms. The molecule has 1 aromatic carbocycles. The zero-order valence-corrected chi connectivity index (χ0v) is 15.5. The highest BCUT2D eigenvalue weighted by Gasteiger charge is 2.62. The molecular formula is C20H30N2O3. The van der Waals surface area contributed by atoms with Crippen LogP contribution in [0.4, 0.5) is 0 Å². The molecule has 0 saturated heterocycles. The zero-order chi connectivity index (χ0) is 18.1. The van der Waals surface area contributed by atoms with E-state index < -0.39 is 5.54 Å². The van der Waals surface area contributed by atoms with Crippen LogP contribution in [0.15, 0.2) is 24.3 Å². The van der Waals surface area contributed by atoms with Gasteiger partial charge in [-0.1, -0.05) is 32.0 Å². The van der Waals surface area contributed by atoms with Crippen LogP contribution >= 0.6 is 0 Å². The highest BCUT2D eigenvalue weighted by Crippen LogP contribution is 2.49. The summed E-state index contributed by atoms with van der Waals surface area (Å²) in [5, 5.41) is 3.01. The maximum atomic E-state index is 12.8. The number of ether oxygens (including phenoxy) is 2. The summed E-state index contributed by atoms with van der Waals surface area (Å²) in [6, 6.07) is 7.89. The smallest absolute Gasteiger partial charge is 0.241 e. The molecule has 2 aliphatic rings. The van der Waals surface area contributed by atoms with Gasteiger partial charge in [0.05, 0.1) is 12.2 Å². The lowest BCUT2D eigenvalue weighted by Crippen LogP contribution is -2.75. The van der Waals surface area contributed by atoms with Gasteiger partial charge in [0.1, 0.15) is 11.3 Å². The fourth-order valence-corrected chi connectivity index (χ4v) is 3.59. The van der Waals surface area contributed by atoms with Crippen molar-refractivity contribution in [1.82, 2.24) is 5.32 Å². The first-order chi connectivity index (χ1) is 11.9. The first kappa shape index (κ1) is 18.2. The third-order valence-electron chi connectivity index (χ3n) is 5.99. The Morgan fingerprint density at radius 1 is 1.32 bits per heavy atom. The summed E-state index contributed by atoms with van der Waals surface area (Å²) in [5.41, 5.74) is 6.15. The van der Waals surface area contributed by atoms with Gasteiger partial charge < -0.3 is 20.5 Å². The second-order valence-corrected chi connectivity index (χ2v) is 7.80. The average molecular weight is 346 g/mol. The molecule has 2 atom stereocenters. The Labute approximate surface area is 150 Å². The molecule has 3 rings (SSSR count). The largest absolute Gasteiger partial charge is 0.490 e. The van der Waals surface area contributed by atoms with E-state index >= 15 is 0 Å². The molecule has 2 unspecified atom stereocenters. The summed E-state index contributed by atoms with van der Waals surface area (Å²) in [6.07, 6.45) is 4.35. The van der Waals surface area contributed by atoms with Crippen molar-refractivity contribution in [3.63, 3.8) is 0 Å². The molecule has 5 heteroatoms. The molecule has 0 aliphatic heterocycles. The zero-order valence-electron chi connectivity index (χ0n) is 15.5. The molecule has 138 valence electrons. The average Bonchev–Trinajstić information content (AvgIpc) is 2.56. The van der Waals surface area contributed by atoms with Gasteiger partial charge in [-0.05, 0) is 32.3 Å². The lowest BCUT2D eigenvalue weighted by atomic mass is 9.54. The van der Waals surface area contributed by atoms with Crippen LogP contribution in [-0.4, -0.2) is 30.3 Å². The summed E-state index contributed by atoms with van der Waals surface area (Å²) in [6.45, 7) is 7.04. The van der Waals surface area contributed by atoms with Crippen LogP contribution in [0.25, 0.3) is 0 Å². The Morgan fingerprint density at radius 3 is 2.64 bits per heavy atom. The fourth-order valence-electron chi connectivity index (χ4n) is 3.59. The van der Waals surface area contributed by atoms with E-state index in [-0.39, 0.29) is 17.4 Å². The van der Waals surface area contributed by atoms with Crippen molar-refractivity contribution in [2.24, 2.45) is 11.1 Å². The van der Waals surface area contributed by atoms with Crippen molar-refractivity contribution in [2.45, 2.75) is 70.7 Å². The Hall–Kier alpha value is -1.59. The second kappa shape index (κ2) is 6.96. The van der Waals surface area contributed by atoms with Crippen LogP contribution < -0.4 is 15.8 Å². The number of carbonyl (C=O) groups excluding carboxylic acids is 1. The van der Waals surface area contributed by atoms with Crippen LogP contribution in [0.2, 0.25) is 0 Å². The van der Waals surface area contributed by atoms with Gasteiger partial charge in [0.2, 0.25) is 5.91 Å². The summed E-state index contributed by atoms with van der Waals surface area (Å²) in [4.78, 5) is 12.8. The molecule has 0 spiro atoms. The third-order valence-corrected chi connectivity index (χ3v) is 5.99. The maximum absolute atomic E-state index is 12.8. The predicted molar refractivity (Wildman–Crippen MR) is 97.3 cm³/mol. The van der Waals surface area contributed by atoms with Crippen molar-refractivity contribution in [2.75, 3.05) is 6.61 Å². The maximum Gasteiger partial charge on any atom is 0.241 e. The van der Waals surface area contributed by atoms with Gasteiger partial charge in [0, 0.05) is 30.6 Å². The highest BCUT2D eigenvalue weighted by molar-refractivity contribution is 5.88. The number of hydrogen-bond acceptors (Lipinski definition) is 4. The van der Waals surface area contributed by atoms with E-state index in [0.717, 1.165) is 24.2 Å². The molecular weight excluding hydrogens is 316 g/mol. The number of hydrogen-bond donors (Lipinski definition) is 2. The Bertz CT molecular complexity index is 627. The van der Waals surface area contributed by atoms with Gasteiger partial charge in [-0.25, -0.2) is 0 Å². The van der Waals surface area contributed by atoms with Gasteiger partial charge in [-0.15, -0.1) is 0 Å². The van der Waals surface area contributed by atoms with Crippen LogP contribution in [0, 0.1) is 5.41 Å². The monoisotopic (exact) mass is 346 g/mol. The lowest BCUT2D eigenvalue weighted by molar-refractivity contribution is -0.170. The molecule has 2 saturated carbocycles. The Kier molecular flexibility index (Phi) is 5.07. The number of para-hydroxylation sites is 1. The lowest BCUT2D eigenvalue weighted by Gasteiger charge is -2.57. The van der Waals surface area contributed by atoms with Crippen molar-refractivity contribution < 1.29 is 14.3 Å². The van der Waals surface area contributed by atoms with E-state index in [0.29, 0.717) is 25.7 Å². The van der Waals surface area contributed by atoms with Gasteiger partial charge >= 0.3 is 0 Å². The van der Waals surface area contributed by atoms with E-state index in [1.807, 2.05) is 45.0 Å². The summed E-state index contributed by atoms with van der Waals surface area (Å²) >= 11 is 0. The molecule has 2 fully saturated rings. The Morgan fingerprint density at radius 2 is 2.04 bits per heavy atom. The van der Waals surface area contributed by atoms with E-state index in [9.17, 15) is 4.79 Å².